The largest absolute Gasteiger partial charge is 0.378 e. The maximum absolute atomic E-state index is 11.3. The Bertz CT molecular complexity index is 371. The van der Waals surface area contributed by atoms with Crippen LogP contribution in [0.25, 0.3) is 0 Å². The number of Topliss-reactive ketones (excluding diaryl/α,β-unsaturated/α-hetero) is 1. The fourth-order valence-electron chi connectivity index (χ4n) is 1.15. The molecule has 0 amide bonds. The van der Waals surface area contributed by atoms with Gasteiger partial charge in [0.2, 0.25) is 5.78 Å². The highest BCUT2D eigenvalue weighted by molar-refractivity contribution is 5.97. The Hall–Kier alpha value is -1.91. The molecule has 5 nitrogen and oxygen atoms in total. The van der Waals surface area contributed by atoms with Crippen LogP contribution in [0, 0.1) is 10.1 Å². The molecule has 15 heavy (non-hydrogen) atoms. The molecule has 0 heterocycles. The highest BCUT2D eigenvalue weighted by atomic mass is 16.6. The average Bonchev–Trinajstić information content (AvgIpc) is 2.17. The third-order valence-corrected chi connectivity index (χ3v) is 1.98. The minimum Gasteiger partial charge on any atom is -0.378 e. The number of nitrogens with zero attached hydrogens (tertiary/aromatic N) is 2. The maximum atomic E-state index is 11.3. The first-order valence-electron chi connectivity index (χ1n) is 4.43. The molecule has 80 valence electrons. The van der Waals surface area contributed by atoms with Crippen LogP contribution in [0.3, 0.4) is 0 Å². The van der Waals surface area contributed by atoms with E-state index in [9.17, 15) is 14.9 Å². The Morgan fingerprint density at radius 2 is 1.87 bits per heavy atom. The van der Waals surface area contributed by atoms with E-state index >= 15 is 0 Å². The molecule has 0 unspecified atom stereocenters. The molecule has 0 N–H and O–H groups in total. The van der Waals surface area contributed by atoms with Crippen LogP contribution < -0.4 is 4.90 Å². The number of hydrogen-bond donors (Lipinski definition) is 0. The van der Waals surface area contributed by atoms with E-state index in [1.54, 1.807) is 24.3 Å². The summed E-state index contributed by atoms with van der Waals surface area (Å²) in [4.78, 5) is 22.7. The molecule has 1 aromatic carbocycles. The van der Waals surface area contributed by atoms with Gasteiger partial charge in [-0.15, -0.1) is 0 Å². The van der Waals surface area contributed by atoms with Crippen molar-refractivity contribution in [1.29, 1.82) is 0 Å². The summed E-state index contributed by atoms with van der Waals surface area (Å²) in [6.07, 6.45) is 0. The van der Waals surface area contributed by atoms with Crippen LogP contribution in [0.2, 0.25) is 0 Å². The topological polar surface area (TPSA) is 63.5 Å². The zero-order valence-electron chi connectivity index (χ0n) is 8.64. The second-order valence-electron chi connectivity index (χ2n) is 3.36. The first kappa shape index (κ1) is 11.2. The number of hydrogen-bond acceptors (Lipinski definition) is 4. The molecule has 1 rings (SSSR count). The minimum absolute atomic E-state index is 0.373. The van der Waals surface area contributed by atoms with E-state index in [2.05, 4.69) is 0 Å². The lowest BCUT2D eigenvalue weighted by atomic mass is 10.1. The molecule has 5 heteroatoms. The molecule has 0 atom stereocenters. The van der Waals surface area contributed by atoms with E-state index in [1.165, 1.54) is 0 Å². The van der Waals surface area contributed by atoms with Gasteiger partial charge >= 0.3 is 0 Å². The fraction of sp³-hybridized carbons (Fsp3) is 0.300. The van der Waals surface area contributed by atoms with Gasteiger partial charge in [-0.25, -0.2) is 0 Å². The van der Waals surface area contributed by atoms with Gasteiger partial charge in [-0.1, -0.05) is 0 Å². The molecular weight excluding hydrogens is 196 g/mol. The molecule has 0 spiro atoms. The van der Waals surface area contributed by atoms with E-state index < -0.39 is 17.3 Å². The molecule has 1 aromatic rings. The van der Waals surface area contributed by atoms with Crippen molar-refractivity contribution < 1.29 is 9.72 Å². The van der Waals surface area contributed by atoms with Gasteiger partial charge in [0, 0.05) is 30.3 Å². The van der Waals surface area contributed by atoms with Crippen molar-refractivity contribution in [3.63, 3.8) is 0 Å². The van der Waals surface area contributed by atoms with Gasteiger partial charge in [-0.2, -0.15) is 0 Å². The summed E-state index contributed by atoms with van der Waals surface area (Å²) in [5.41, 5.74) is 1.32. The number of ketones is 1. The van der Waals surface area contributed by atoms with E-state index in [0.717, 1.165) is 5.69 Å². The highest BCUT2D eigenvalue weighted by Crippen LogP contribution is 2.12. The van der Waals surface area contributed by atoms with Crippen molar-refractivity contribution in [2.75, 3.05) is 25.5 Å². The predicted molar refractivity (Wildman–Crippen MR) is 57.0 cm³/mol. The number of nitro groups is 1. The molecule has 0 saturated heterocycles. The van der Waals surface area contributed by atoms with Crippen molar-refractivity contribution in [3.8, 4) is 0 Å². The quantitative estimate of drug-likeness (QED) is 0.424. The van der Waals surface area contributed by atoms with Crippen LogP contribution in [0.15, 0.2) is 24.3 Å². The van der Waals surface area contributed by atoms with Gasteiger partial charge in [0.25, 0.3) is 6.54 Å². The van der Waals surface area contributed by atoms with E-state index in [-0.39, 0.29) is 0 Å². The molecule has 0 saturated carbocycles. The Labute approximate surface area is 87.5 Å². The lowest BCUT2D eigenvalue weighted by Gasteiger charge is -2.11. The number of benzene rings is 1. The predicted octanol–water partition coefficient (Wildman–Crippen LogP) is 1.21. The van der Waals surface area contributed by atoms with Crippen LogP contribution in [0.1, 0.15) is 10.4 Å². The number of carbonyl (C=O) groups is 1. The zero-order valence-corrected chi connectivity index (χ0v) is 8.64. The summed E-state index contributed by atoms with van der Waals surface area (Å²) >= 11 is 0. The molecule has 0 radical (unpaired) electrons. The molecule has 0 fully saturated rings. The third kappa shape index (κ3) is 3.05. The van der Waals surface area contributed by atoms with Crippen molar-refractivity contribution in [2.24, 2.45) is 0 Å². The van der Waals surface area contributed by atoms with Gasteiger partial charge in [-0.3, -0.25) is 14.9 Å². The van der Waals surface area contributed by atoms with Gasteiger partial charge in [0.15, 0.2) is 0 Å². The van der Waals surface area contributed by atoms with E-state index in [1.807, 2.05) is 19.0 Å². The first-order valence-corrected chi connectivity index (χ1v) is 4.43. The highest BCUT2D eigenvalue weighted by Gasteiger charge is 2.12. The average molecular weight is 208 g/mol. The Kier molecular flexibility index (Phi) is 3.38. The third-order valence-electron chi connectivity index (χ3n) is 1.98. The smallest absolute Gasteiger partial charge is 0.265 e. The Balaban J connectivity index is 2.80. The Morgan fingerprint density at radius 1 is 1.33 bits per heavy atom. The number of rotatable bonds is 4. The summed E-state index contributed by atoms with van der Waals surface area (Å²) in [6.45, 7) is -0.651. The standard InChI is InChI=1S/C10H12N2O3/c1-11(2)9-5-3-8(4-6-9)10(13)7-12(14)15/h3-6H,7H2,1-2H3. The minimum atomic E-state index is -0.651. The molecule has 0 bridgehead atoms. The second-order valence-corrected chi connectivity index (χ2v) is 3.36. The monoisotopic (exact) mass is 208 g/mol. The summed E-state index contributed by atoms with van der Waals surface area (Å²) < 4.78 is 0. The lowest BCUT2D eigenvalue weighted by molar-refractivity contribution is -0.465. The van der Waals surface area contributed by atoms with Crippen LogP contribution >= 0.6 is 0 Å². The summed E-state index contributed by atoms with van der Waals surface area (Å²) in [5, 5.41) is 10.1. The first-order chi connectivity index (χ1) is 7.00. The molecule has 0 aromatic heterocycles. The fourth-order valence-corrected chi connectivity index (χ4v) is 1.15. The maximum Gasteiger partial charge on any atom is 0.265 e. The van der Waals surface area contributed by atoms with Crippen molar-refractivity contribution >= 4 is 11.5 Å². The molecular formula is C10H12N2O3. The SMILES string of the molecule is CN(C)c1ccc(C(=O)C[N+](=O)[O-])cc1. The van der Waals surface area contributed by atoms with Crippen LogP contribution in [0.5, 0.6) is 0 Å². The van der Waals surface area contributed by atoms with Crippen LogP contribution in [0.4, 0.5) is 5.69 Å². The van der Waals surface area contributed by atoms with Gasteiger partial charge in [-0.05, 0) is 24.3 Å². The molecule has 0 aliphatic rings. The number of carbonyl (C=O) groups excluding carboxylic acids is 1. The second kappa shape index (κ2) is 4.54. The summed E-state index contributed by atoms with van der Waals surface area (Å²) in [6, 6.07) is 6.71. The number of anilines is 1. The van der Waals surface area contributed by atoms with Gasteiger partial charge in [0.1, 0.15) is 0 Å². The van der Waals surface area contributed by atoms with Crippen LogP contribution in [-0.2, 0) is 0 Å². The Morgan fingerprint density at radius 3 is 2.27 bits per heavy atom. The molecule has 0 aliphatic carbocycles. The lowest BCUT2D eigenvalue weighted by Crippen LogP contribution is -2.14. The normalized spacial score (nSPS) is 9.73. The van der Waals surface area contributed by atoms with Gasteiger partial charge in [0.05, 0.1) is 0 Å². The van der Waals surface area contributed by atoms with Gasteiger partial charge < -0.3 is 4.90 Å². The molecule has 0 aliphatic heterocycles. The van der Waals surface area contributed by atoms with Crippen LogP contribution in [-0.4, -0.2) is 31.3 Å². The summed E-state index contributed by atoms with van der Waals surface area (Å²) in [5.74, 6) is -0.467. The van der Waals surface area contributed by atoms with Crippen molar-refractivity contribution in [2.45, 2.75) is 0 Å². The zero-order chi connectivity index (χ0) is 11.4. The van der Waals surface area contributed by atoms with Crippen molar-refractivity contribution in [1.82, 2.24) is 0 Å². The van der Waals surface area contributed by atoms with Crippen molar-refractivity contribution in [3.05, 3.63) is 39.9 Å². The summed E-state index contributed by atoms with van der Waals surface area (Å²) in [7, 11) is 3.77. The van der Waals surface area contributed by atoms with E-state index in [0.29, 0.717) is 5.56 Å². The van der Waals surface area contributed by atoms with E-state index in [4.69, 9.17) is 0 Å².